The van der Waals surface area contributed by atoms with Crippen LogP contribution in [0, 0.1) is 40.4 Å². The lowest BCUT2D eigenvalue weighted by Gasteiger charge is -2.62. The molecule has 5 aliphatic rings. The quantitative estimate of drug-likeness (QED) is 0.603. The van der Waals surface area contributed by atoms with E-state index in [9.17, 15) is 14.9 Å². The van der Waals surface area contributed by atoms with Crippen molar-refractivity contribution in [2.24, 2.45) is 29.1 Å². The lowest BCUT2D eigenvalue weighted by molar-refractivity contribution is -0.113. The third kappa shape index (κ3) is 3.93. The van der Waals surface area contributed by atoms with Crippen molar-refractivity contribution in [2.75, 3.05) is 6.54 Å². The van der Waals surface area contributed by atoms with Crippen LogP contribution in [0.25, 0.3) is 11.3 Å². The number of likely N-dealkylation sites (tertiary alicyclic amines) is 1. The van der Waals surface area contributed by atoms with E-state index in [4.69, 9.17) is 0 Å². The number of benzene rings is 1. The standard InChI is InChI=1S/C30H38N6O2/c1-18-23-15-20(30(23,2)3)16-24(18)32-28(37)22-12-6-5-11-21(22)27-26(17-31)36(34-33-27)29(38)35-14-8-10-19-9-4-7-13-25(19)35/h5-6,11-12,18-20,23-25H,4,7-10,13-16H2,1-3H3,(H,32,37)/t18-,19?,20+,23+,24+,25?/m1/s1. The molecular formula is C30H38N6O2. The van der Waals surface area contributed by atoms with E-state index in [1.165, 1.54) is 12.8 Å². The number of piperidine rings is 1. The van der Waals surface area contributed by atoms with Gasteiger partial charge < -0.3 is 10.2 Å². The second kappa shape index (κ2) is 9.52. The van der Waals surface area contributed by atoms with E-state index < -0.39 is 0 Å². The van der Waals surface area contributed by atoms with Crippen LogP contribution < -0.4 is 5.32 Å². The zero-order chi connectivity index (χ0) is 26.6. The lowest BCUT2D eigenvalue weighted by atomic mass is 9.45. The molecule has 1 aromatic heterocycles. The monoisotopic (exact) mass is 514 g/mol. The second-order valence-electron chi connectivity index (χ2n) is 12.6. The van der Waals surface area contributed by atoms with Crippen LogP contribution in [0.2, 0.25) is 0 Å². The number of hydrogen-bond donors (Lipinski definition) is 1. The first-order valence-corrected chi connectivity index (χ1v) is 14.4. The third-order valence-corrected chi connectivity index (χ3v) is 10.5. The highest BCUT2D eigenvalue weighted by molar-refractivity contribution is 6.01. The second-order valence-corrected chi connectivity index (χ2v) is 12.6. The van der Waals surface area contributed by atoms with Crippen molar-refractivity contribution < 1.29 is 9.59 Å². The summed E-state index contributed by atoms with van der Waals surface area (Å²) in [5.41, 5.74) is 1.70. The molecule has 2 amide bonds. The minimum absolute atomic E-state index is 0.0854. The van der Waals surface area contributed by atoms with Crippen molar-refractivity contribution in [3.05, 3.63) is 35.5 Å². The Morgan fingerprint density at radius 3 is 2.63 bits per heavy atom. The molecule has 38 heavy (non-hydrogen) atoms. The van der Waals surface area contributed by atoms with E-state index >= 15 is 0 Å². The smallest absolute Gasteiger partial charge is 0.347 e. The van der Waals surface area contributed by atoms with Gasteiger partial charge in [0, 0.05) is 29.8 Å². The minimum atomic E-state index is -0.281. The molecule has 6 atom stereocenters. The third-order valence-electron chi connectivity index (χ3n) is 10.5. The van der Waals surface area contributed by atoms with E-state index in [0.717, 1.165) is 43.2 Å². The molecule has 0 spiro atoms. The Balaban J connectivity index is 1.26. The molecule has 200 valence electrons. The molecule has 2 aromatic rings. The maximum atomic E-state index is 13.6. The molecule has 1 aromatic carbocycles. The largest absolute Gasteiger partial charge is 0.349 e. The summed E-state index contributed by atoms with van der Waals surface area (Å²) in [5.74, 6) is 2.03. The first kappa shape index (κ1) is 25.1. The molecule has 0 radical (unpaired) electrons. The Morgan fingerprint density at radius 1 is 1.11 bits per heavy atom. The van der Waals surface area contributed by atoms with Gasteiger partial charge >= 0.3 is 6.03 Å². The molecule has 4 saturated carbocycles. The molecule has 4 aliphatic carbocycles. The van der Waals surface area contributed by atoms with E-state index in [2.05, 4.69) is 42.5 Å². The fourth-order valence-electron chi connectivity index (χ4n) is 8.16. The number of carbonyl (C=O) groups is 2. The predicted octanol–water partition coefficient (Wildman–Crippen LogP) is 5.24. The number of nitrogens with zero attached hydrogens (tertiary/aromatic N) is 5. The van der Waals surface area contributed by atoms with Crippen molar-refractivity contribution in [1.29, 1.82) is 5.26 Å². The summed E-state index contributed by atoms with van der Waals surface area (Å²) in [4.78, 5) is 29.1. The van der Waals surface area contributed by atoms with Crippen molar-refractivity contribution in [3.8, 4) is 17.3 Å². The Kier molecular flexibility index (Phi) is 6.28. The van der Waals surface area contributed by atoms with E-state index in [1.807, 2.05) is 17.0 Å². The Bertz CT molecular complexity index is 1290. The summed E-state index contributed by atoms with van der Waals surface area (Å²) in [6.07, 6.45) is 8.87. The first-order valence-electron chi connectivity index (χ1n) is 14.4. The lowest BCUT2D eigenvalue weighted by Crippen LogP contribution is -2.60. The Hall–Kier alpha value is -3.21. The molecule has 8 heteroatoms. The van der Waals surface area contributed by atoms with Gasteiger partial charge in [-0.05, 0) is 73.7 Å². The number of nitriles is 1. The summed E-state index contributed by atoms with van der Waals surface area (Å²) in [7, 11) is 0. The highest BCUT2D eigenvalue weighted by atomic mass is 16.2. The zero-order valence-electron chi connectivity index (χ0n) is 22.7. The van der Waals surface area contributed by atoms with Gasteiger partial charge in [0.25, 0.3) is 5.91 Å². The Labute approximate surface area is 224 Å². The van der Waals surface area contributed by atoms with Gasteiger partial charge in [-0.25, -0.2) is 4.79 Å². The normalized spacial score (nSPS) is 31.5. The van der Waals surface area contributed by atoms with Crippen molar-refractivity contribution >= 4 is 11.9 Å². The molecule has 2 bridgehead atoms. The van der Waals surface area contributed by atoms with Crippen LogP contribution in [0.4, 0.5) is 4.79 Å². The molecular weight excluding hydrogens is 476 g/mol. The molecule has 8 nitrogen and oxygen atoms in total. The highest BCUT2D eigenvalue weighted by Crippen LogP contribution is 2.61. The van der Waals surface area contributed by atoms with Crippen LogP contribution in [0.5, 0.6) is 0 Å². The summed E-state index contributed by atoms with van der Waals surface area (Å²) >= 11 is 0. The molecule has 1 N–H and O–H groups in total. The maximum absolute atomic E-state index is 13.6. The van der Waals surface area contributed by atoms with Crippen LogP contribution in [0.3, 0.4) is 0 Å². The molecule has 5 fully saturated rings. The van der Waals surface area contributed by atoms with Crippen molar-refractivity contribution in [2.45, 2.75) is 84.2 Å². The van der Waals surface area contributed by atoms with E-state index in [0.29, 0.717) is 46.8 Å². The average molecular weight is 515 g/mol. The van der Waals surface area contributed by atoms with Gasteiger partial charge in [-0.1, -0.05) is 57.0 Å². The van der Waals surface area contributed by atoms with Gasteiger partial charge in [0.05, 0.1) is 0 Å². The average Bonchev–Trinajstić information content (AvgIpc) is 3.37. The molecule has 7 rings (SSSR count). The van der Waals surface area contributed by atoms with Gasteiger partial charge in [0.2, 0.25) is 0 Å². The van der Waals surface area contributed by atoms with E-state index in [-0.39, 0.29) is 35.4 Å². The van der Waals surface area contributed by atoms with Gasteiger partial charge in [0.15, 0.2) is 5.69 Å². The fourth-order valence-corrected chi connectivity index (χ4v) is 8.16. The molecule has 1 saturated heterocycles. The van der Waals surface area contributed by atoms with Gasteiger partial charge in [-0.2, -0.15) is 9.94 Å². The van der Waals surface area contributed by atoms with Crippen LogP contribution in [0.15, 0.2) is 24.3 Å². The van der Waals surface area contributed by atoms with Crippen molar-refractivity contribution in [1.82, 2.24) is 25.2 Å². The number of hydrogen-bond acceptors (Lipinski definition) is 5. The SMILES string of the molecule is C[C@H]1[C@@H](NC(=O)c2ccccc2-c2nnn(C(=O)N3CCCC4CCCCC43)c2C#N)C[C@@H]2C[C@@H]1C2(C)C. The summed E-state index contributed by atoms with van der Waals surface area (Å²) in [6.45, 7) is 7.63. The van der Waals surface area contributed by atoms with Crippen LogP contribution in [-0.4, -0.2) is 50.5 Å². The summed E-state index contributed by atoms with van der Waals surface area (Å²) in [5, 5.41) is 21.8. The zero-order valence-corrected chi connectivity index (χ0v) is 22.7. The summed E-state index contributed by atoms with van der Waals surface area (Å²) in [6, 6.07) is 9.42. The van der Waals surface area contributed by atoms with Gasteiger partial charge in [-0.3, -0.25) is 4.79 Å². The maximum Gasteiger partial charge on any atom is 0.347 e. The van der Waals surface area contributed by atoms with Crippen LogP contribution >= 0.6 is 0 Å². The first-order chi connectivity index (χ1) is 18.3. The topological polar surface area (TPSA) is 104 Å². The number of aromatic nitrogens is 3. The number of carbonyl (C=O) groups excluding carboxylic acids is 2. The number of nitrogens with one attached hydrogen (secondary N) is 1. The highest BCUT2D eigenvalue weighted by Gasteiger charge is 2.56. The van der Waals surface area contributed by atoms with Crippen LogP contribution in [-0.2, 0) is 0 Å². The molecule has 2 unspecified atom stereocenters. The molecule has 1 aliphatic heterocycles. The van der Waals surface area contributed by atoms with Crippen molar-refractivity contribution in [3.63, 3.8) is 0 Å². The number of rotatable bonds is 3. The Morgan fingerprint density at radius 2 is 1.87 bits per heavy atom. The number of amides is 2. The van der Waals surface area contributed by atoms with Gasteiger partial charge in [-0.15, -0.1) is 5.10 Å². The number of fused-ring (bicyclic) bond motifs is 3. The van der Waals surface area contributed by atoms with Gasteiger partial charge in [0.1, 0.15) is 11.8 Å². The predicted molar refractivity (Wildman–Crippen MR) is 143 cm³/mol. The summed E-state index contributed by atoms with van der Waals surface area (Å²) < 4.78 is 1.15. The fraction of sp³-hybridized carbons (Fsp3) is 0.633. The van der Waals surface area contributed by atoms with E-state index in [1.54, 1.807) is 12.1 Å². The molecule has 2 heterocycles. The van der Waals surface area contributed by atoms with Crippen LogP contribution in [0.1, 0.15) is 88.2 Å². The minimum Gasteiger partial charge on any atom is -0.349 e.